The van der Waals surface area contributed by atoms with Crippen molar-refractivity contribution in [3.63, 3.8) is 0 Å². The second kappa shape index (κ2) is 9.82. The van der Waals surface area contributed by atoms with E-state index in [1.165, 1.54) is 14.0 Å². The zero-order valence-electron chi connectivity index (χ0n) is 17.5. The van der Waals surface area contributed by atoms with Crippen LogP contribution in [0, 0.1) is 6.92 Å². The largest absolute Gasteiger partial charge is 0.452 e. The van der Waals surface area contributed by atoms with Gasteiger partial charge >= 0.3 is 5.97 Å². The van der Waals surface area contributed by atoms with Gasteiger partial charge in [-0.1, -0.05) is 18.2 Å². The Morgan fingerprint density at radius 3 is 2.26 bits per heavy atom. The second-order valence-corrected chi connectivity index (χ2v) is 6.89. The highest BCUT2D eigenvalue weighted by molar-refractivity contribution is 6.00. The van der Waals surface area contributed by atoms with Gasteiger partial charge in [-0.2, -0.15) is 0 Å². The molecule has 0 bridgehead atoms. The van der Waals surface area contributed by atoms with Gasteiger partial charge in [0, 0.05) is 30.8 Å². The third kappa shape index (κ3) is 5.43. The Labute approximate surface area is 179 Å². The summed E-state index contributed by atoms with van der Waals surface area (Å²) in [5.74, 6) is -1.31. The molecule has 0 spiro atoms. The fourth-order valence-electron chi connectivity index (χ4n) is 3.19. The first-order valence-corrected chi connectivity index (χ1v) is 9.61. The summed E-state index contributed by atoms with van der Waals surface area (Å²) >= 11 is 0. The van der Waals surface area contributed by atoms with Gasteiger partial charge in [0.1, 0.15) is 0 Å². The number of carbonyl (C=O) groups is 3. The lowest BCUT2D eigenvalue weighted by atomic mass is 10.0. The molecule has 2 N–H and O–H groups in total. The zero-order valence-corrected chi connectivity index (χ0v) is 17.5. The van der Waals surface area contributed by atoms with Crippen molar-refractivity contribution in [3.05, 3.63) is 65.4 Å². The molecule has 0 fully saturated rings. The number of anilines is 2. The van der Waals surface area contributed by atoms with E-state index in [1.54, 1.807) is 24.3 Å². The van der Waals surface area contributed by atoms with Crippen LogP contribution in [0.25, 0.3) is 10.9 Å². The third-order valence-corrected chi connectivity index (χ3v) is 4.54. The Kier molecular flexibility index (Phi) is 6.94. The van der Waals surface area contributed by atoms with Crippen molar-refractivity contribution in [2.24, 2.45) is 0 Å². The van der Waals surface area contributed by atoms with E-state index < -0.39 is 18.5 Å². The number of amides is 2. The zero-order chi connectivity index (χ0) is 22.4. The van der Waals surface area contributed by atoms with E-state index in [1.807, 2.05) is 31.2 Å². The van der Waals surface area contributed by atoms with E-state index >= 15 is 0 Å². The van der Waals surface area contributed by atoms with Crippen molar-refractivity contribution in [1.29, 1.82) is 0 Å². The predicted octanol–water partition coefficient (Wildman–Crippen LogP) is 3.44. The van der Waals surface area contributed by atoms with Crippen LogP contribution in [0.1, 0.15) is 28.5 Å². The molecule has 0 aliphatic rings. The molecule has 2 amide bonds. The lowest BCUT2D eigenvalue weighted by molar-refractivity contribution is -0.119. The van der Waals surface area contributed by atoms with Crippen LogP contribution in [-0.2, 0) is 25.7 Å². The lowest BCUT2D eigenvalue weighted by Gasteiger charge is -2.14. The van der Waals surface area contributed by atoms with E-state index in [0.29, 0.717) is 22.6 Å². The van der Waals surface area contributed by atoms with E-state index in [9.17, 15) is 14.4 Å². The van der Waals surface area contributed by atoms with Crippen LogP contribution in [-0.4, -0.2) is 36.5 Å². The summed E-state index contributed by atoms with van der Waals surface area (Å²) < 4.78 is 10.4. The van der Waals surface area contributed by atoms with Crippen molar-refractivity contribution in [3.8, 4) is 0 Å². The molecule has 3 rings (SSSR count). The Morgan fingerprint density at radius 2 is 1.61 bits per heavy atom. The molecule has 8 nitrogen and oxygen atoms in total. The van der Waals surface area contributed by atoms with E-state index in [4.69, 9.17) is 9.47 Å². The molecular formula is C23H23N3O5. The van der Waals surface area contributed by atoms with Crippen molar-refractivity contribution in [1.82, 2.24) is 4.98 Å². The van der Waals surface area contributed by atoms with Crippen molar-refractivity contribution >= 4 is 40.1 Å². The van der Waals surface area contributed by atoms with Gasteiger partial charge in [-0.15, -0.1) is 0 Å². The summed E-state index contributed by atoms with van der Waals surface area (Å²) in [6.07, 6.45) is 0. The number of pyridine rings is 1. The average Bonchev–Trinajstić information content (AvgIpc) is 2.73. The van der Waals surface area contributed by atoms with Gasteiger partial charge in [-0.3, -0.25) is 9.59 Å². The summed E-state index contributed by atoms with van der Waals surface area (Å²) in [5, 5.41) is 6.12. The smallest absolute Gasteiger partial charge is 0.340 e. The number of aryl methyl sites for hydroxylation is 1. The van der Waals surface area contributed by atoms with Gasteiger partial charge in [0.25, 0.3) is 5.91 Å². The first-order chi connectivity index (χ1) is 14.9. The number of methoxy groups -OCH3 is 1. The van der Waals surface area contributed by atoms with Gasteiger partial charge in [-0.25, -0.2) is 9.78 Å². The van der Waals surface area contributed by atoms with Gasteiger partial charge < -0.3 is 20.1 Å². The Morgan fingerprint density at radius 1 is 0.968 bits per heavy atom. The Bertz CT molecular complexity index is 1130. The molecule has 31 heavy (non-hydrogen) atoms. The van der Waals surface area contributed by atoms with Crippen LogP contribution >= 0.6 is 0 Å². The molecule has 1 aromatic heterocycles. The molecule has 0 radical (unpaired) electrons. The maximum Gasteiger partial charge on any atom is 0.340 e. The molecule has 2 aromatic carbocycles. The summed E-state index contributed by atoms with van der Waals surface area (Å²) in [6.45, 7) is 2.92. The van der Waals surface area contributed by atoms with Crippen molar-refractivity contribution in [2.45, 2.75) is 20.5 Å². The predicted molar refractivity (Wildman–Crippen MR) is 117 cm³/mol. The number of nitrogens with one attached hydrogen (secondary N) is 2. The standard InChI is InChI=1S/C23H23N3O5/c1-14-18-6-4-5-7-19(18)26-20(12-30-3)22(14)23(29)31-13-21(28)25-17-10-8-16(9-11-17)24-15(2)27/h4-11H,12-13H2,1-3H3,(H,24,27)(H,25,28). The quantitative estimate of drug-likeness (QED) is 0.566. The maximum atomic E-state index is 12.8. The summed E-state index contributed by atoms with van der Waals surface area (Å²) in [5.41, 5.74) is 3.35. The van der Waals surface area contributed by atoms with E-state index in [2.05, 4.69) is 15.6 Å². The highest BCUT2D eigenvalue weighted by atomic mass is 16.5. The summed E-state index contributed by atoms with van der Waals surface area (Å²) in [6, 6.07) is 14.1. The first-order valence-electron chi connectivity index (χ1n) is 9.61. The highest BCUT2D eigenvalue weighted by Gasteiger charge is 2.21. The fraction of sp³-hybridized carbons (Fsp3) is 0.217. The molecular weight excluding hydrogens is 398 g/mol. The van der Waals surface area contributed by atoms with Gasteiger partial charge in [0.15, 0.2) is 6.61 Å². The topological polar surface area (TPSA) is 107 Å². The average molecular weight is 421 g/mol. The third-order valence-electron chi connectivity index (χ3n) is 4.54. The number of ether oxygens (including phenoxy) is 2. The lowest BCUT2D eigenvalue weighted by Crippen LogP contribution is -2.22. The molecule has 0 atom stereocenters. The number of aromatic nitrogens is 1. The Hall–Kier alpha value is -3.78. The van der Waals surface area contributed by atoms with E-state index in [-0.39, 0.29) is 12.5 Å². The van der Waals surface area contributed by atoms with Crippen LogP contribution in [0.15, 0.2) is 48.5 Å². The maximum absolute atomic E-state index is 12.8. The van der Waals surface area contributed by atoms with Crippen LogP contribution in [0.2, 0.25) is 0 Å². The molecule has 0 aliphatic heterocycles. The highest BCUT2D eigenvalue weighted by Crippen LogP contribution is 2.24. The number of nitrogens with zero attached hydrogens (tertiary/aromatic N) is 1. The van der Waals surface area contributed by atoms with Crippen LogP contribution in [0.5, 0.6) is 0 Å². The molecule has 0 aliphatic carbocycles. The molecule has 0 saturated carbocycles. The fourth-order valence-corrected chi connectivity index (χ4v) is 3.19. The van der Waals surface area contributed by atoms with Crippen molar-refractivity contribution < 1.29 is 23.9 Å². The number of esters is 1. The number of benzene rings is 2. The van der Waals surface area contributed by atoms with Crippen LogP contribution in [0.3, 0.4) is 0 Å². The summed E-state index contributed by atoms with van der Waals surface area (Å²) in [4.78, 5) is 40.6. The minimum Gasteiger partial charge on any atom is -0.452 e. The minimum absolute atomic E-state index is 0.142. The SMILES string of the molecule is COCc1nc2ccccc2c(C)c1C(=O)OCC(=O)Nc1ccc(NC(C)=O)cc1. The number of rotatable bonds is 7. The van der Waals surface area contributed by atoms with Crippen molar-refractivity contribution in [2.75, 3.05) is 24.4 Å². The molecule has 160 valence electrons. The van der Waals surface area contributed by atoms with E-state index in [0.717, 1.165) is 16.5 Å². The normalized spacial score (nSPS) is 10.5. The molecule has 1 heterocycles. The number of fused-ring (bicyclic) bond motifs is 1. The molecule has 8 heteroatoms. The number of para-hydroxylation sites is 1. The van der Waals surface area contributed by atoms with Gasteiger partial charge in [0.2, 0.25) is 5.91 Å². The Balaban J connectivity index is 1.69. The van der Waals surface area contributed by atoms with Crippen LogP contribution < -0.4 is 10.6 Å². The number of hydrogen-bond donors (Lipinski definition) is 2. The summed E-state index contributed by atoms with van der Waals surface area (Å²) in [7, 11) is 1.52. The number of hydrogen-bond acceptors (Lipinski definition) is 6. The second-order valence-electron chi connectivity index (χ2n) is 6.89. The van der Waals surface area contributed by atoms with Gasteiger partial charge in [-0.05, 0) is 42.8 Å². The molecule has 0 saturated heterocycles. The minimum atomic E-state index is -0.640. The van der Waals surface area contributed by atoms with Gasteiger partial charge in [0.05, 0.1) is 23.4 Å². The molecule has 0 unspecified atom stereocenters. The van der Waals surface area contributed by atoms with Crippen LogP contribution in [0.4, 0.5) is 11.4 Å². The molecule has 3 aromatic rings. The monoisotopic (exact) mass is 421 g/mol. The number of carbonyl (C=O) groups excluding carboxylic acids is 3. The first kappa shape index (κ1) is 21.9.